The number of benzene rings is 2. The molecule has 0 unspecified atom stereocenters. The van der Waals surface area contributed by atoms with Crippen molar-refractivity contribution in [3.05, 3.63) is 53.3 Å². The molecule has 0 aliphatic heterocycles. The summed E-state index contributed by atoms with van der Waals surface area (Å²) in [5.74, 6) is 0.250. The highest BCUT2D eigenvalue weighted by atomic mass is 19.1. The Hall–Kier alpha value is -2.23. The van der Waals surface area contributed by atoms with Gasteiger partial charge in [0.05, 0.1) is 12.3 Å². The number of aryl methyl sites for hydroxylation is 1. The lowest BCUT2D eigenvalue weighted by atomic mass is 10.1. The number of nitrogens with one attached hydrogen (secondary N) is 1. The molecule has 3 nitrogen and oxygen atoms in total. The number of anilines is 1. The van der Waals surface area contributed by atoms with Crippen LogP contribution in [0.25, 0.3) is 0 Å². The number of phenolic OH excluding ortho intramolecular Hbond substituents is 1. The highest BCUT2D eigenvalue weighted by molar-refractivity contribution is 5.58. The zero-order chi connectivity index (χ0) is 14.5. The first-order chi connectivity index (χ1) is 9.58. The van der Waals surface area contributed by atoms with Gasteiger partial charge in [-0.3, -0.25) is 0 Å². The molecule has 0 aromatic heterocycles. The fourth-order valence-electron chi connectivity index (χ4n) is 1.98. The molecule has 0 bridgehead atoms. The molecule has 0 atom stereocenters. The Bertz CT molecular complexity index is 579. The smallest absolute Gasteiger partial charge is 0.142 e. The van der Waals surface area contributed by atoms with E-state index in [-0.39, 0.29) is 5.75 Å². The molecule has 20 heavy (non-hydrogen) atoms. The molecule has 0 saturated heterocycles. The average Bonchev–Trinajstić information content (AvgIpc) is 2.37. The van der Waals surface area contributed by atoms with E-state index >= 15 is 0 Å². The lowest BCUT2D eigenvalue weighted by Gasteiger charge is -2.13. The van der Waals surface area contributed by atoms with Crippen LogP contribution in [0.4, 0.5) is 10.1 Å². The molecule has 2 N–H and O–H groups in total. The van der Waals surface area contributed by atoms with Crippen LogP contribution in [0.1, 0.15) is 18.1 Å². The van der Waals surface area contributed by atoms with Gasteiger partial charge in [0.1, 0.15) is 17.3 Å². The number of hydrogen-bond donors (Lipinski definition) is 2. The van der Waals surface area contributed by atoms with Crippen LogP contribution in [-0.4, -0.2) is 11.7 Å². The Labute approximate surface area is 118 Å². The van der Waals surface area contributed by atoms with Gasteiger partial charge in [-0.25, -0.2) is 4.39 Å². The van der Waals surface area contributed by atoms with Crippen molar-refractivity contribution in [2.75, 3.05) is 11.9 Å². The topological polar surface area (TPSA) is 41.5 Å². The molecule has 2 aromatic rings. The van der Waals surface area contributed by atoms with E-state index in [4.69, 9.17) is 4.74 Å². The van der Waals surface area contributed by atoms with Crippen molar-refractivity contribution >= 4 is 5.69 Å². The van der Waals surface area contributed by atoms with E-state index in [9.17, 15) is 9.50 Å². The second kappa shape index (κ2) is 6.28. The van der Waals surface area contributed by atoms with Gasteiger partial charge >= 0.3 is 0 Å². The quantitative estimate of drug-likeness (QED) is 0.871. The summed E-state index contributed by atoms with van der Waals surface area (Å²) < 4.78 is 18.8. The Balaban J connectivity index is 2.13. The van der Waals surface area contributed by atoms with Gasteiger partial charge < -0.3 is 15.2 Å². The summed E-state index contributed by atoms with van der Waals surface area (Å²) in [5.41, 5.74) is 2.63. The zero-order valence-electron chi connectivity index (χ0n) is 11.6. The maximum Gasteiger partial charge on any atom is 0.142 e. The zero-order valence-corrected chi connectivity index (χ0v) is 11.6. The standard InChI is InChI=1S/C16H18FNO2/c1-3-20-16-6-11(2)4-5-15(16)18-10-12-7-13(17)9-14(19)8-12/h4-9,18-19H,3,10H2,1-2H3. The SMILES string of the molecule is CCOc1cc(C)ccc1NCc1cc(O)cc(F)c1. The molecule has 0 radical (unpaired) electrons. The van der Waals surface area contributed by atoms with Gasteiger partial charge in [-0.15, -0.1) is 0 Å². The highest BCUT2D eigenvalue weighted by Gasteiger charge is 2.05. The molecule has 0 aliphatic carbocycles. The second-order valence-electron chi connectivity index (χ2n) is 4.60. The van der Waals surface area contributed by atoms with Crippen LogP contribution in [0.2, 0.25) is 0 Å². The molecule has 0 spiro atoms. The van der Waals surface area contributed by atoms with Gasteiger partial charge in [0.25, 0.3) is 0 Å². The first kappa shape index (κ1) is 14.2. The molecule has 0 saturated carbocycles. The Morgan fingerprint density at radius 1 is 1.20 bits per heavy atom. The molecular formula is C16H18FNO2. The maximum absolute atomic E-state index is 13.2. The van der Waals surface area contributed by atoms with Gasteiger partial charge in [-0.1, -0.05) is 6.07 Å². The van der Waals surface area contributed by atoms with E-state index in [0.717, 1.165) is 23.1 Å². The number of ether oxygens (including phenoxy) is 1. The maximum atomic E-state index is 13.2. The Kier molecular flexibility index (Phi) is 4.45. The van der Waals surface area contributed by atoms with Crippen LogP contribution >= 0.6 is 0 Å². The van der Waals surface area contributed by atoms with Crippen molar-refractivity contribution < 1.29 is 14.2 Å². The normalized spacial score (nSPS) is 10.3. The van der Waals surface area contributed by atoms with Crippen molar-refractivity contribution in [1.82, 2.24) is 0 Å². The van der Waals surface area contributed by atoms with Crippen molar-refractivity contribution in [1.29, 1.82) is 0 Å². The summed E-state index contributed by atoms with van der Waals surface area (Å²) in [6, 6.07) is 9.87. The van der Waals surface area contributed by atoms with Crippen LogP contribution in [-0.2, 0) is 6.54 Å². The summed E-state index contributed by atoms with van der Waals surface area (Å²) in [6.07, 6.45) is 0. The fourth-order valence-corrected chi connectivity index (χ4v) is 1.98. The van der Waals surface area contributed by atoms with Crippen molar-refractivity contribution in [2.45, 2.75) is 20.4 Å². The molecule has 2 rings (SSSR count). The monoisotopic (exact) mass is 275 g/mol. The van der Waals surface area contributed by atoms with Crippen molar-refractivity contribution in [3.63, 3.8) is 0 Å². The second-order valence-corrected chi connectivity index (χ2v) is 4.60. The molecule has 0 fully saturated rings. The van der Waals surface area contributed by atoms with E-state index in [0.29, 0.717) is 18.7 Å². The summed E-state index contributed by atoms with van der Waals surface area (Å²) in [7, 11) is 0. The van der Waals surface area contributed by atoms with Crippen LogP contribution in [0.3, 0.4) is 0 Å². The molecule has 0 amide bonds. The van der Waals surface area contributed by atoms with Gasteiger partial charge in [0.15, 0.2) is 0 Å². The minimum Gasteiger partial charge on any atom is -0.508 e. The number of aromatic hydroxyl groups is 1. The molecule has 106 valence electrons. The van der Waals surface area contributed by atoms with Gasteiger partial charge in [-0.2, -0.15) is 0 Å². The Morgan fingerprint density at radius 3 is 2.70 bits per heavy atom. The minimum absolute atomic E-state index is 0.0734. The van der Waals surface area contributed by atoms with Crippen LogP contribution in [0.15, 0.2) is 36.4 Å². The number of phenols is 1. The fraction of sp³-hybridized carbons (Fsp3) is 0.250. The van der Waals surface area contributed by atoms with E-state index in [1.54, 1.807) is 0 Å². The predicted octanol–water partition coefficient (Wildman–Crippen LogP) is 3.85. The van der Waals surface area contributed by atoms with E-state index in [2.05, 4.69) is 5.32 Å². The minimum atomic E-state index is -0.448. The Morgan fingerprint density at radius 2 is 2.00 bits per heavy atom. The highest BCUT2D eigenvalue weighted by Crippen LogP contribution is 2.26. The largest absolute Gasteiger partial charge is 0.508 e. The third-order valence-electron chi connectivity index (χ3n) is 2.86. The first-order valence-corrected chi connectivity index (χ1v) is 6.54. The molecular weight excluding hydrogens is 257 g/mol. The molecule has 2 aromatic carbocycles. The van der Waals surface area contributed by atoms with Crippen LogP contribution < -0.4 is 10.1 Å². The van der Waals surface area contributed by atoms with E-state index in [1.807, 2.05) is 32.0 Å². The van der Waals surface area contributed by atoms with Gasteiger partial charge in [0.2, 0.25) is 0 Å². The third kappa shape index (κ3) is 3.63. The predicted molar refractivity (Wildman–Crippen MR) is 77.7 cm³/mol. The molecule has 0 heterocycles. The van der Waals surface area contributed by atoms with Gasteiger partial charge in [-0.05, 0) is 49.2 Å². The molecule has 4 heteroatoms. The van der Waals surface area contributed by atoms with Crippen LogP contribution in [0, 0.1) is 12.7 Å². The summed E-state index contributed by atoms with van der Waals surface area (Å²) in [5, 5.41) is 12.6. The number of halogens is 1. The lowest BCUT2D eigenvalue weighted by molar-refractivity contribution is 0.341. The van der Waals surface area contributed by atoms with Crippen molar-refractivity contribution in [2.24, 2.45) is 0 Å². The van der Waals surface area contributed by atoms with Crippen LogP contribution in [0.5, 0.6) is 11.5 Å². The van der Waals surface area contributed by atoms with E-state index < -0.39 is 5.82 Å². The number of hydrogen-bond acceptors (Lipinski definition) is 3. The van der Waals surface area contributed by atoms with E-state index in [1.165, 1.54) is 12.1 Å². The molecule has 0 aliphatic rings. The average molecular weight is 275 g/mol. The summed E-state index contributed by atoms with van der Waals surface area (Å²) in [6.45, 7) is 4.92. The third-order valence-corrected chi connectivity index (χ3v) is 2.86. The first-order valence-electron chi connectivity index (χ1n) is 6.54. The van der Waals surface area contributed by atoms with Crippen molar-refractivity contribution in [3.8, 4) is 11.5 Å². The lowest BCUT2D eigenvalue weighted by Crippen LogP contribution is -2.03. The summed E-state index contributed by atoms with van der Waals surface area (Å²) >= 11 is 0. The van der Waals surface area contributed by atoms with Gasteiger partial charge in [0, 0.05) is 12.6 Å². The summed E-state index contributed by atoms with van der Waals surface area (Å²) in [4.78, 5) is 0. The number of rotatable bonds is 5.